The minimum Gasteiger partial charge on any atom is -0.454 e. The van der Waals surface area contributed by atoms with Gasteiger partial charge in [-0.25, -0.2) is 0 Å². The van der Waals surface area contributed by atoms with Crippen molar-refractivity contribution in [1.82, 2.24) is 0 Å². The summed E-state index contributed by atoms with van der Waals surface area (Å²) in [4.78, 5) is 11.1. The van der Waals surface area contributed by atoms with Gasteiger partial charge in [0.15, 0.2) is 11.5 Å². The summed E-state index contributed by atoms with van der Waals surface area (Å²) < 4.78 is 39.6. The van der Waals surface area contributed by atoms with Crippen molar-refractivity contribution in [2.45, 2.75) is 0 Å². The summed E-state index contributed by atoms with van der Waals surface area (Å²) in [6.07, 6.45) is 0. The van der Waals surface area contributed by atoms with Gasteiger partial charge in [0.25, 0.3) is 0 Å². The van der Waals surface area contributed by atoms with Crippen LogP contribution in [0.2, 0.25) is 0 Å². The number of fused-ring (bicyclic) bond motifs is 1. The van der Waals surface area contributed by atoms with E-state index in [2.05, 4.69) is 0 Å². The number of carbonyl (C=O) groups is 1. The molecule has 0 saturated heterocycles. The zero-order valence-corrected chi connectivity index (χ0v) is 8.15. The van der Waals surface area contributed by atoms with Gasteiger partial charge in [0.2, 0.25) is 6.79 Å². The third-order valence-corrected chi connectivity index (χ3v) is 2.55. The highest BCUT2D eigenvalue weighted by molar-refractivity contribution is 8.01. The van der Waals surface area contributed by atoms with Crippen LogP contribution in [0.3, 0.4) is 0 Å². The number of ether oxygens (including phenoxy) is 2. The highest BCUT2D eigenvalue weighted by Gasteiger charge is 2.23. The molecule has 0 saturated carbocycles. The van der Waals surface area contributed by atoms with Crippen LogP contribution in [-0.2, 0) is 10.1 Å². The molecule has 1 aromatic carbocycles. The first kappa shape index (κ1) is 9.94. The van der Waals surface area contributed by atoms with Gasteiger partial charge >= 0.3 is 15.2 Å². The monoisotopic (exact) mass is 230 g/mol. The van der Waals surface area contributed by atoms with Gasteiger partial charge in [-0.2, -0.15) is 8.42 Å². The van der Waals surface area contributed by atoms with Crippen molar-refractivity contribution < 1.29 is 27.2 Å². The fourth-order valence-electron chi connectivity index (χ4n) is 1.17. The first-order valence-electron chi connectivity index (χ1n) is 3.90. The average molecular weight is 230 g/mol. The molecule has 1 N–H and O–H groups in total. The van der Waals surface area contributed by atoms with Crippen molar-refractivity contribution in [3.63, 3.8) is 0 Å². The molecule has 0 aliphatic carbocycles. The van der Waals surface area contributed by atoms with E-state index in [1.165, 1.54) is 18.2 Å². The quantitative estimate of drug-likeness (QED) is 0.704. The van der Waals surface area contributed by atoms with E-state index in [4.69, 9.17) is 14.0 Å². The Hall–Kier alpha value is -1.60. The maximum atomic E-state index is 11.1. The van der Waals surface area contributed by atoms with E-state index in [1.807, 2.05) is 0 Å². The lowest BCUT2D eigenvalue weighted by molar-refractivity contribution is 0.106. The highest BCUT2D eigenvalue weighted by atomic mass is 32.2. The summed E-state index contributed by atoms with van der Waals surface area (Å²) in [6.45, 7) is 0.0266. The van der Waals surface area contributed by atoms with Gasteiger partial charge in [0.1, 0.15) is 0 Å². The number of carbonyl (C=O) groups excluding carboxylic acids is 1. The van der Waals surface area contributed by atoms with Crippen LogP contribution in [0, 0.1) is 0 Å². The lowest BCUT2D eigenvalue weighted by Crippen LogP contribution is -2.13. The van der Waals surface area contributed by atoms with E-state index in [0.29, 0.717) is 5.75 Å². The Balaban J connectivity index is 2.44. The molecule has 0 fully saturated rings. The Morgan fingerprint density at radius 1 is 1.27 bits per heavy atom. The van der Waals surface area contributed by atoms with Crippen LogP contribution in [0.1, 0.15) is 10.4 Å². The van der Waals surface area contributed by atoms with E-state index in [1.54, 1.807) is 0 Å². The Kier molecular flexibility index (Phi) is 2.13. The van der Waals surface area contributed by atoms with Crippen molar-refractivity contribution >= 4 is 15.2 Å². The molecule has 2 rings (SSSR count). The SMILES string of the molecule is O=C(c1ccc2c(c1)OCO2)S(=O)(=O)O. The molecule has 0 bridgehead atoms. The molecule has 1 aromatic rings. The molecule has 0 spiro atoms. The summed E-state index contributed by atoms with van der Waals surface area (Å²) in [5, 5.41) is -1.36. The summed E-state index contributed by atoms with van der Waals surface area (Å²) in [7, 11) is -4.71. The van der Waals surface area contributed by atoms with Gasteiger partial charge in [0.05, 0.1) is 0 Å². The fraction of sp³-hybridized carbons (Fsp3) is 0.125. The van der Waals surface area contributed by atoms with E-state index in [9.17, 15) is 13.2 Å². The van der Waals surface area contributed by atoms with Gasteiger partial charge in [-0.3, -0.25) is 9.35 Å². The molecule has 15 heavy (non-hydrogen) atoms. The van der Waals surface area contributed by atoms with Gasteiger partial charge in [-0.05, 0) is 18.2 Å². The molecule has 0 amide bonds. The van der Waals surface area contributed by atoms with Crippen LogP contribution < -0.4 is 9.47 Å². The van der Waals surface area contributed by atoms with Crippen molar-refractivity contribution in [2.75, 3.05) is 6.79 Å². The fourth-order valence-corrected chi connectivity index (χ4v) is 1.60. The predicted octanol–water partition coefficient (Wildman–Crippen LogP) is 0.443. The normalized spacial score (nSPS) is 13.9. The Morgan fingerprint density at radius 3 is 2.60 bits per heavy atom. The first-order valence-corrected chi connectivity index (χ1v) is 5.34. The molecular weight excluding hydrogens is 224 g/mol. The Bertz CT molecular complexity index is 518. The lowest BCUT2D eigenvalue weighted by Gasteiger charge is -1.99. The van der Waals surface area contributed by atoms with E-state index in [0.717, 1.165) is 0 Å². The maximum absolute atomic E-state index is 11.1. The summed E-state index contributed by atoms with van der Waals surface area (Å²) >= 11 is 0. The molecule has 0 unspecified atom stereocenters. The molecule has 0 aromatic heterocycles. The minimum atomic E-state index is -4.71. The van der Waals surface area contributed by atoms with Crippen LogP contribution in [0.15, 0.2) is 18.2 Å². The third-order valence-electron chi connectivity index (χ3n) is 1.84. The van der Waals surface area contributed by atoms with Crippen molar-refractivity contribution in [3.05, 3.63) is 23.8 Å². The van der Waals surface area contributed by atoms with Gasteiger partial charge in [-0.15, -0.1) is 0 Å². The average Bonchev–Trinajstić information content (AvgIpc) is 2.61. The van der Waals surface area contributed by atoms with E-state index < -0.39 is 15.2 Å². The second kappa shape index (κ2) is 3.21. The van der Waals surface area contributed by atoms with Gasteiger partial charge in [0, 0.05) is 5.56 Å². The smallest absolute Gasteiger partial charge is 0.333 e. The molecule has 1 aliphatic heterocycles. The second-order valence-corrected chi connectivity index (χ2v) is 4.15. The second-order valence-electron chi connectivity index (χ2n) is 2.83. The Morgan fingerprint density at radius 2 is 1.93 bits per heavy atom. The van der Waals surface area contributed by atoms with Crippen molar-refractivity contribution in [1.29, 1.82) is 0 Å². The largest absolute Gasteiger partial charge is 0.454 e. The molecule has 7 heteroatoms. The molecule has 80 valence electrons. The zero-order chi connectivity index (χ0) is 11.1. The lowest BCUT2D eigenvalue weighted by atomic mass is 10.2. The minimum absolute atomic E-state index is 0.0266. The van der Waals surface area contributed by atoms with Crippen LogP contribution in [0.5, 0.6) is 11.5 Å². The topological polar surface area (TPSA) is 89.9 Å². The van der Waals surface area contributed by atoms with Crippen molar-refractivity contribution in [3.8, 4) is 11.5 Å². The van der Waals surface area contributed by atoms with E-state index >= 15 is 0 Å². The standard InChI is InChI=1S/C8H6O6S/c9-8(15(10,11)12)5-1-2-6-7(3-5)14-4-13-6/h1-3H,4H2,(H,10,11,12). The van der Waals surface area contributed by atoms with Gasteiger partial charge in [-0.1, -0.05) is 0 Å². The van der Waals surface area contributed by atoms with Crippen LogP contribution in [0.25, 0.3) is 0 Å². The number of hydrogen-bond donors (Lipinski definition) is 1. The summed E-state index contributed by atoms with van der Waals surface area (Å²) in [6, 6.07) is 3.85. The number of hydrogen-bond acceptors (Lipinski definition) is 5. The third kappa shape index (κ3) is 1.79. The Labute approximate surface area is 85.2 Å². The molecular formula is C8H6O6S. The van der Waals surface area contributed by atoms with Crippen LogP contribution in [-0.4, -0.2) is 24.9 Å². The number of benzene rings is 1. The molecule has 1 aliphatic rings. The van der Waals surface area contributed by atoms with Gasteiger partial charge < -0.3 is 9.47 Å². The van der Waals surface area contributed by atoms with Crippen LogP contribution >= 0.6 is 0 Å². The maximum Gasteiger partial charge on any atom is 0.333 e. The molecule has 0 atom stereocenters. The highest BCUT2D eigenvalue weighted by Crippen LogP contribution is 2.32. The van der Waals surface area contributed by atoms with Crippen molar-refractivity contribution in [2.24, 2.45) is 0 Å². The molecule has 0 radical (unpaired) electrons. The number of rotatable bonds is 1. The zero-order valence-electron chi connectivity index (χ0n) is 7.34. The van der Waals surface area contributed by atoms with E-state index in [-0.39, 0.29) is 18.1 Å². The summed E-state index contributed by atoms with van der Waals surface area (Å²) in [5.74, 6) is 0.714. The predicted molar refractivity (Wildman–Crippen MR) is 48.4 cm³/mol. The first-order chi connectivity index (χ1) is 6.98. The molecule has 6 nitrogen and oxygen atoms in total. The van der Waals surface area contributed by atoms with Crippen LogP contribution in [0.4, 0.5) is 0 Å². The molecule has 1 heterocycles. The summed E-state index contributed by atoms with van der Waals surface area (Å²) in [5.41, 5.74) is -0.165.